The van der Waals surface area contributed by atoms with Crippen LogP contribution in [0.15, 0.2) is 27.0 Å². The molecule has 0 fully saturated rings. The number of nitrogens with one attached hydrogen (secondary N) is 1. The first kappa shape index (κ1) is 15.4. The predicted molar refractivity (Wildman–Crippen MR) is 80.7 cm³/mol. The Kier molecular flexibility index (Phi) is 5.76. The van der Waals surface area contributed by atoms with Crippen molar-refractivity contribution in [3.63, 3.8) is 0 Å². The summed E-state index contributed by atoms with van der Waals surface area (Å²) in [6, 6.07) is 3.12. The van der Waals surface area contributed by atoms with Gasteiger partial charge in [0.2, 0.25) is 11.9 Å². The summed E-state index contributed by atoms with van der Waals surface area (Å²) in [4.78, 5) is 7.96. The Hall–Kier alpha value is -1.62. The molecule has 0 heterocycles. The molecule has 0 saturated heterocycles. The van der Waals surface area contributed by atoms with E-state index in [1.807, 2.05) is 5.40 Å². The molecule has 0 bridgehead atoms. The fourth-order valence-electron chi connectivity index (χ4n) is 1.13. The van der Waals surface area contributed by atoms with Crippen molar-refractivity contribution in [1.29, 1.82) is 5.26 Å². The molecule has 0 unspecified atom stereocenters. The Labute approximate surface area is 124 Å². The lowest BCUT2D eigenvalue weighted by atomic mass is 10.3. The van der Waals surface area contributed by atoms with Gasteiger partial charge in [-0.2, -0.15) is 10.3 Å². The zero-order valence-electron chi connectivity index (χ0n) is 9.82. The maximum absolute atomic E-state index is 8.74. The smallest absolute Gasteiger partial charge is 0.218 e. The third-order valence-electron chi connectivity index (χ3n) is 1.89. The molecule has 0 aliphatic carbocycles. The van der Waals surface area contributed by atoms with E-state index < -0.39 is 0 Å². The molecule has 19 heavy (non-hydrogen) atoms. The quantitative estimate of drug-likeness (QED) is 0.335. The van der Waals surface area contributed by atoms with Crippen LogP contribution >= 0.6 is 35.0 Å². The minimum Gasteiger partial charge on any atom is -0.369 e. The summed E-state index contributed by atoms with van der Waals surface area (Å²) >= 11 is 12.8. The third kappa shape index (κ3) is 4.52. The number of anilines is 1. The number of rotatable bonds is 2. The maximum atomic E-state index is 8.74. The van der Waals surface area contributed by atoms with Crippen molar-refractivity contribution in [1.82, 2.24) is 0 Å². The van der Waals surface area contributed by atoms with Crippen LogP contribution in [-0.4, -0.2) is 19.0 Å². The zero-order valence-corrected chi connectivity index (χ0v) is 12.1. The van der Waals surface area contributed by atoms with Gasteiger partial charge in [-0.25, -0.2) is 0 Å². The zero-order chi connectivity index (χ0) is 14.4. The highest BCUT2D eigenvalue weighted by Crippen LogP contribution is 2.36. The second-order valence-electron chi connectivity index (χ2n) is 3.16. The highest BCUT2D eigenvalue weighted by Gasteiger charge is 2.11. The largest absolute Gasteiger partial charge is 0.369 e. The molecule has 100 valence electrons. The van der Waals surface area contributed by atoms with E-state index in [-0.39, 0.29) is 11.9 Å². The van der Waals surface area contributed by atoms with Crippen LogP contribution < -0.4 is 16.8 Å². The molecular formula is C10H10Cl2N6S. The number of nitriles is 1. The number of thiocyanates is 1. The molecular weight excluding hydrogens is 307 g/mol. The number of halogens is 2. The molecule has 5 N–H and O–H groups in total. The number of nitrogens with two attached hydrogens (primary N) is 2. The number of benzene rings is 1. The van der Waals surface area contributed by atoms with Gasteiger partial charge in [0.25, 0.3) is 0 Å². The van der Waals surface area contributed by atoms with Crippen molar-refractivity contribution in [2.75, 3.05) is 12.4 Å². The molecule has 6 nitrogen and oxygen atoms in total. The van der Waals surface area contributed by atoms with Crippen LogP contribution in [0.3, 0.4) is 0 Å². The van der Waals surface area contributed by atoms with Gasteiger partial charge in [0.1, 0.15) is 5.40 Å². The third-order valence-corrected chi connectivity index (χ3v) is 3.04. The van der Waals surface area contributed by atoms with Crippen LogP contribution in [0.2, 0.25) is 10.0 Å². The molecule has 0 radical (unpaired) electrons. The predicted octanol–water partition coefficient (Wildman–Crippen LogP) is 2.24. The molecule has 0 amide bonds. The van der Waals surface area contributed by atoms with Crippen LogP contribution in [0.5, 0.6) is 0 Å². The first-order valence-corrected chi connectivity index (χ1v) is 6.43. The number of aliphatic imine (C=N–C) groups is 2. The first-order valence-electron chi connectivity index (χ1n) is 4.86. The summed E-state index contributed by atoms with van der Waals surface area (Å²) in [7, 11) is 1.48. The SMILES string of the molecule is CN=C(N)N=C(N)Nc1c(Cl)cc(Cl)cc1SC#N. The lowest BCUT2D eigenvalue weighted by Gasteiger charge is -2.11. The van der Waals surface area contributed by atoms with Gasteiger partial charge >= 0.3 is 0 Å². The molecule has 1 aromatic carbocycles. The van der Waals surface area contributed by atoms with Gasteiger partial charge in [-0.3, -0.25) is 4.99 Å². The number of thioether (sulfide) groups is 1. The molecule has 1 aromatic rings. The fraction of sp³-hybridized carbons (Fsp3) is 0.100. The van der Waals surface area contributed by atoms with E-state index in [1.54, 1.807) is 6.07 Å². The monoisotopic (exact) mass is 316 g/mol. The van der Waals surface area contributed by atoms with E-state index in [0.29, 0.717) is 20.6 Å². The van der Waals surface area contributed by atoms with E-state index in [2.05, 4.69) is 15.3 Å². The van der Waals surface area contributed by atoms with Gasteiger partial charge in [-0.1, -0.05) is 23.2 Å². The normalized spacial score (nSPS) is 12.1. The second kappa shape index (κ2) is 7.09. The standard InChI is InChI=1S/C10H10Cl2N6S/c1-16-9(14)18-10(15)17-8-6(12)2-5(11)3-7(8)19-4-13/h2-3H,1H3,(H5,14,15,16,17,18). The highest BCUT2D eigenvalue weighted by atomic mass is 35.5. The number of hydrogen-bond donors (Lipinski definition) is 3. The summed E-state index contributed by atoms with van der Waals surface area (Å²) in [5, 5.41) is 14.2. The molecule has 0 aliphatic rings. The van der Waals surface area contributed by atoms with Crippen molar-refractivity contribution < 1.29 is 0 Å². The number of guanidine groups is 2. The van der Waals surface area contributed by atoms with E-state index >= 15 is 0 Å². The Morgan fingerprint density at radius 3 is 2.68 bits per heavy atom. The summed E-state index contributed by atoms with van der Waals surface area (Å²) in [6.07, 6.45) is 0. The van der Waals surface area contributed by atoms with Crippen molar-refractivity contribution in [3.05, 3.63) is 22.2 Å². The Bertz CT molecular complexity index is 578. The molecule has 0 saturated carbocycles. The number of nitrogens with zero attached hydrogens (tertiary/aromatic N) is 3. The van der Waals surface area contributed by atoms with Gasteiger partial charge in [0.05, 0.1) is 10.7 Å². The Balaban J connectivity index is 3.13. The molecule has 1 rings (SSSR count). The lowest BCUT2D eigenvalue weighted by molar-refractivity contribution is 1.33. The van der Waals surface area contributed by atoms with Crippen LogP contribution in [0, 0.1) is 10.7 Å². The average Bonchev–Trinajstić information content (AvgIpc) is 2.33. The van der Waals surface area contributed by atoms with Crippen molar-refractivity contribution in [2.24, 2.45) is 21.5 Å². The molecule has 0 aliphatic heterocycles. The average molecular weight is 317 g/mol. The van der Waals surface area contributed by atoms with E-state index in [4.69, 9.17) is 39.9 Å². The van der Waals surface area contributed by atoms with Crippen LogP contribution in [0.4, 0.5) is 5.69 Å². The molecule has 0 spiro atoms. The van der Waals surface area contributed by atoms with Crippen LogP contribution in [-0.2, 0) is 0 Å². The Morgan fingerprint density at radius 1 is 1.42 bits per heavy atom. The highest BCUT2D eigenvalue weighted by molar-refractivity contribution is 8.03. The summed E-state index contributed by atoms with van der Waals surface area (Å²) < 4.78 is 0. The van der Waals surface area contributed by atoms with E-state index in [1.165, 1.54) is 13.1 Å². The van der Waals surface area contributed by atoms with Gasteiger partial charge in [-0.05, 0) is 23.9 Å². The van der Waals surface area contributed by atoms with Crippen LogP contribution in [0.1, 0.15) is 0 Å². The minimum atomic E-state index is 0.00659. The van der Waals surface area contributed by atoms with Crippen molar-refractivity contribution >= 4 is 52.6 Å². The topological polar surface area (TPSA) is 113 Å². The minimum absolute atomic E-state index is 0.00659. The molecule has 0 aromatic heterocycles. The van der Waals surface area contributed by atoms with Gasteiger partial charge < -0.3 is 16.8 Å². The molecule has 0 atom stereocenters. The van der Waals surface area contributed by atoms with Gasteiger partial charge in [0, 0.05) is 17.0 Å². The number of hydrogen-bond acceptors (Lipinski definition) is 3. The summed E-state index contributed by atoms with van der Waals surface area (Å²) in [6.45, 7) is 0. The molecule has 9 heteroatoms. The van der Waals surface area contributed by atoms with Crippen molar-refractivity contribution in [2.45, 2.75) is 4.90 Å². The summed E-state index contributed by atoms with van der Waals surface area (Å²) in [5.74, 6) is 0.0247. The van der Waals surface area contributed by atoms with E-state index in [0.717, 1.165) is 11.8 Å². The lowest BCUT2D eigenvalue weighted by Crippen LogP contribution is -2.26. The van der Waals surface area contributed by atoms with Crippen molar-refractivity contribution in [3.8, 4) is 5.40 Å². The van der Waals surface area contributed by atoms with Crippen LogP contribution in [0.25, 0.3) is 0 Å². The van der Waals surface area contributed by atoms with Gasteiger partial charge in [-0.15, -0.1) is 0 Å². The summed E-state index contributed by atoms with van der Waals surface area (Å²) in [5.41, 5.74) is 11.5. The second-order valence-corrected chi connectivity index (χ2v) is 4.83. The first-order chi connectivity index (χ1) is 8.97. The Morgan fingerprint density at radius 2 is 2.11 bits per heavy atom. The van der Waals surface area contributed by atoms with Gasteiger partial charge in [0.15, 0.2) is 0 Å². The van der Waals surface area contributed by atoms with E-state index in [9.17, 15) is 0 Å². The fourth-order valence-corrected chi connectivity index (χ4v) is 2.34. The maximum Gasteiger partial charge on any atom is 0.218 e.